The van der Waals surface area contributed by atoms with Gasteiger partial charge in [0.15, 0.2) is 6.10 Å². The molecule has 1 aromatic carbocycles. The van der Waals surface area contributed by atoms with Gasteiger partial charge in [-0.05, 0) is 36.0 Å². The van der Waals surface area contributed by atoms with E-state index < -0.39 is 16.1 Å². The van der Waals surface area contributed by atoms with Crippen LogP contribution < -0.4 is 9.04 Å². The summed E-state index contributed by atoms with van der Waals surface area (Å²) in [6.07, 6.45) is 2.35. The van der Waals surface area contributed by atoms with Crippen molar-refractivity contribution >= 4 is 21.6 Å². The number of hydrogen-bond acceptors (Lipinski definition) is 4. The summed E-state index contributed by atoms with van der Waals surface area (Å²) < 4.78 is 31.9. The third kappa shape index (κ3) is 3.61. The molecule has 1 atom stereocenters. The van der Waals surface area contributed by atoms with Crippen molar-refractivity contribution in [2.45, 2.75) is 45.1 Å². The maximum absolute atomic E-state index is 12.7. The lowest BCUT2D eigenvalue weighted by Crippen LogP contribution is -2.51. The Kier molecular flexibility index (Phi) is 4.47. The minimum atomic E-state index is -3.51. The fourth-order valence-electron chi connectivity index (χ4n) is 3.30. The monoisotopic (exact) mass is 366 g/mol. The zero-order chi connectivity index (χ0) is 18.4. The van der Waals surface area contributed by atoms with E-state index in [0.717, 1.165) is 18.4 Å². The average Bonchev–Trinajstić information content (AvgIpc) is 3.05. The van der Waals surface area contributed by atoms with Gasteiger partial charge in [-0.2, -0.15) is 0 Å². The molecule has 1 amide bonds. The number of rotatable bonds is 2. The van der Waals surface area contributed by atoms with Crippen LogP contribution in [0.25, 0.3) is 0 Å². The summed E-state index contributed by atoms with van der Waals surface area (Å²) in [5.41, 5.74) is 1.42. The summed E-state index contributed by atoms with van der Waals surface area (Å²) in [5.74, 6) is 0.318. The van der Waals surface area contributed by atoms with Crippen molar-refractivity contribution < 1.29 is 17.9 Å². The summed E-state index contributed by atoms with van der Waals surface area (Å²) >= 11 is 0. The first-order valence-corrected chi connectivity index (χ1v) is 10.5. The molecule has 2 aliphatic rings. The molecule has 1 aromatic rings. The van der Waals surface area contributed by atoms with Gasteiger partial charge in [-0.1, -0.05) is 26.8 Å². The van der Waals surface area contributed by atoms with Crippen LogP contribution in [0.1, 0.15) is 39.2 Å². The molecule has 1 fully saturated rings. The number of fused-ring (bicyclic) bond motifs is 1. The first-order chi connectivity index (χ1) is 11.6. The van der Waals surface area contributed by atoms with Crippen molar-refractivity contribution in [1.82, 2.24) is 4.90 Å². The second-order valence-corrected chi connectivity index (χ2v) is 9.77. The third-order valence-electron chi connectivity index (χ3n) is 4.79. The van der Waals surface area contributed by atoms with E-state index >= 15 is 0 Å². The van der Waals surface area contributed by atoms with Gasteiger partial charge in [-0.25, -0.2) is 8.42 Å². The molecule has 2 aliphatic heterocycles. The molecule has 6 nitrogen and oxygen atoms in total. The fraction of sp³-hybridized carbons (Fsp3) is 0.611. The molecule has 1 saturated heterocycles. The molecule has 0 spiro atoms. The number of carbonyl (C=O) groups excluding carboxylic acids is 1. The SMILES string of the molecule is CC(C)(C)c1ccc2c(c1)N(S(C)(=O)=O)CC(C(=O)N1CCCC1)O2. The van der Waals surface area contributed by atoms with E-state index in [4.69, 9.17) is 4.74 Å². The molecule has 3 rings (SSSR count). The second-order valence-electron chi connectivity index (χ2n) is 7.87. The zero-order valence-corrected chi connectivity index (χ0v) is 16.1. The molecule has 0 bridgehead atoms. The Morgan fingerprint density at radius 2 is 1.84 bits per heavy atom. The standard InChI is InChI=1S/C18H26N2O4S/c1-18(2,3)13-7-8-15-14(11-13)20(25(4,22)23)12-16(24-15)17(21)19-9-5-6-10-19/h7-8,11,16H,5-6,9-10,12H2,1-4H3. The van der Waals surface area contributed by atoms with Crippen LogP contribution in [0.5, 0.6) is 5.75 Å². The normalized spacial score (nSPS) is 21.0. The molecule has 0 radical (unpaired) electrons. The Hall–Kier alpha value is -1.76. The maximum atomic E-state index is 12.7. The third-order valence-corrected chi connectivity index (χ3v) is 5.93. The minimum Gasteiger partial charge on any atom is -0.476 e. The second kappa shape index (κ2) is 6.20. The van der Waals surface area contributed by atoms with Gasteiger partial charge in [0.25, 0.3) is 5.91 Å². The molecule has 0 N–H and O–H groups in total. The smallest absolute Gasteiger partial charge is 0.265 e. The highest BCUT2D eigenvalue weighted by molar-refractivity contribution is 7.92. The Bertz CT molecular complexity index is 777. The van der Waals surface area contributed by atoms with Gasteiger partial charge in [0, 0.05) is 13.1 Å². The fourth-order valence-corrected chi connectivity index (χ4v) is 4.21. The lowest BCUT2D eigenvalue weighted by molar-refractivity contribution is -0.137. The molecule has 0 aromatic heterocycles. The van der Waals surface area contributed by atoms with Gasteiger partial charge in [-0.15, -0.1) is 0 Å². The lowest BCUT2D eigenvalue weighted by Gasteiger charge is -2.36. The number of sulfonamides is 1. The van der Waals surface area contributed by atoms with Crippen LogP contribution in [-0.4, -0.2) is 51.2 Å². The van der Waals surface area contributed by atoms with Gasteiger partial charge in [-0.3, -0.25) is 9.10 Å². The molecule has 7 heteroatoms. The van der Waals surface area contributed by atoms with Crippen LogP contribution >= 0.6 is 0 Å². The minimum absolute atomic E-state index is 0.0226. The largest absolute Gasteiger partial charge is 0.476 e. The molecule has 138 valence electrons. The number of carbonyl (C=O) groups is 1. The van der Waals surface area contributed by atoms with Crippen LogP contribution in [0.15, 0.2) is 18.2 Å². The van der Waals surface area contributed by atoms with Crippen LogP contribution in [0, 0.1) is 0 Å². The van der Waals surface area contributed by atoms with Gasteiger partial charge < -0.3 is 9.64 Å². The Morgan fingerprint density at radius 3 is 2.40 bits per heavy atom. The van der Waals surface area contributed by atoms with Crippen molar-refractivity contribution in [2.75, 3.05) is 30.2 Å². The van der Waals surface area contributed by atoms with Crippen LogP contribution in [0.4, 0.5) is 5.69 Å². The summed E-state index contributed by atoms with van der Waals surface area (Å²) in [6.45, 7) is 7.67. The summed E-state index contributed by atoms with van der Waals surface area (Å²) in [4.78, 5) is 14.5. The number of nitrogens with zero attached hydrogens (tertiary/aromatic N) is 2. The van der Waals surface area contributed by atoms with Crippen molar-refractivity contribution in [3.63, 3.8) is 0 Å². The van der Waals surface area contributed by atoms with E-state index in [1.807, 2.05) is 12.1 Å². The van der Waals surface area contributed by atoms with E-state index in [1.54, 1.807) is 11.0 Å². The molecule has 1 unspecified atom stereocenters. The first kappa shape index (κ1) is 18.0. The number of likely N-dealkylation sites (tertiary alicyclic amines) is 1. The Labute approximate surface area is 149 Å². The van der Waals surface area contributed by atoms with Crippen LogP contribution in [-0.2, 0) is 20.2 Å². The quantitative estimate of drug-likeness (QED) is 0.804. The van der Waals surface area contributed by atoms with E-state index in [9.17, 15) is 13.2 Å². The van der Waals surface area contributed by atoms with Crippen molar-refractivity contribution in [3.05, 3.63) is 23.8 Å². The van der Waals surface area contributed by atoms with Gasteiger partial charge in [0.2, 0.25) is 10.0 Å². The van der Waals surface area contributed by atoms with E-state index in [2.05, 4.69) is 20.8 Å². The highest BCUT2D eigenvalue weighted by Gasteiger charge is 2.38. The number of amides is 1. The number of anilines is 1. The van der Waals surface area contributed by atoms with Gasteiger partial charge in [0.05, 0.1) is 18.5 Å². The average molecular weight is 366 g/mol. The van der Waals surface area contributed by atoms with Crippen LogP contribution in [0.3, 0.4) is 0 Å². The topological polar surface area (TPSA) is 66.9 Å². The van der Waals surface area contributed by atoms with Crippen molar-refractivity contribution in [1.29, 1.82) is 0 Å². The van der Waals surface area contributed by atoms with Gasteiger partial charge >= 0.3 is 0 Å². The first-order valence-electron chi connectivity index (χ1n) is 8.65. The number of hydrogen-bond donors (Lipinski definition) is 0. The summed E-state index contributed by atoms with van der Waals surface area (Å²) in [7, 11) is -3.51. The Morgan fingerprint density at radius 1 is 1.20 bits per heavy atom. The zero-order valence-electron chi connectivity index (χ0n) is 15.3. The lowest BCUT2D eigenvalue weighted by atomic mass is 9.86. The van der Waals surface area contributed by atoms with Gasteiger partial charge in [0.1, 0.15) is 5.75 Å². The molecule has 0 saturated carbocycles. The highest BCUT2D eigenvalue weighted by Crippen LogP contribution is 2.38. The number of benzene rings is 1. The molecule has 25 heavy (non-hydrogen) atoms. The van der Waals surface area contributed by atoms with E-state index in [0.29, 0.717) is 24.5 Å². The predicted molar refractivity (Wildman–Crippen MR) is 97.6 cm³/mol. The molecular weight excluding hydrogens is 340 g/mol. The van der Waals surface area contributed by atoms with Crippen molar-refractivity contribution in [3.8, 4) is 5.75 Å². The maximum Gasteiger partial charge on any atom is 0.265 e. The molecule has 2 heterocycles. The summed E-state index contributed by atoms with van der Waals surface area (Å²) in [5, 5.41) is 0. The molecule has 0 aliphatic carbocycles. The summed E-state index contributed by atoms with van der Waals surface area (Å²) in [6, 6.07) is 5.56. The highest BCUT2D eigenvalue weighted by atomic mass is 32.2. The predicted octanol–water partition coefficient (Wildman–Crippen LogP) is 2.13. The van der Waals surface area contributed by atoms with Crippen molar-refractivity contribution in [2.24, 2.45) is 0 Å². The Balaban J connectivity index is 1.98. The molecular formula is C18H26N2O4S. The number of ether oxygens (including phenoxy) is 1. The van der Waals surface area contributed by atoms with E-state index in [-0.39, 0.29) is 17.9 Å². The van der Waals surface area contributed by atoms with Crippen LogP contribution in [0.2, 0.25) is 0 Å². The van der Waals surface area contributed by atoms with E-state index in [1.165, 1.54) is 10.6 Å².